The zero-order valence-electron chi connectivity index (χ0n) is 10.9. The predicted molar refractivity (Wildman–Crippen MR) is 67.3 cm³/mol. The maximum atomic E-state index is 12.9. The molecule has 0 aliphatic heterocycles. The van der Waals surface area contributed by atoms with E-state index < -0.39 is 29.1 Å². The average Bonchev–Trinajstić information content (AvgIpc) is 2.41. The van der Waals surface area contributed by atoms with Crippen LogP contribution in [0.1, 0.15) is 11.3 Å². The number of anilines is 1. The van der Waals surface area contributed by atoms with Crippen molar-refractivity contribution in [3.05, 3.63) is 35.5 Å². The number of fused-ring (bicyclic) bond motifs is 1. The Morgan fingerprint density at radius 3 is 2.27 bits per heavy atom. The molecule has 0 spiro atoms. The fourth-order valence-corrected chi connectivity index (χ4v) is 1.96. The number of aliphatic hydroxyl groups is 1. The van der Waals surface area contributed by atoms with Crippen LogP contribution in [0.25, 0.3) is 10.9 Å². The number of rotatable bonds is 3. The van der Waals surface area contributed by atoms with Gasteiger partial charge in [0.2, 0.25) is 0 Å². The molecule has 0 bridgehead atoms. The summed E-state index contributed by atoms with van der Waals surface area (Å²) in [6.07, 6.45) is -9.71. The molecule has 0 unspecified atom stereocenters. The van der Waals surface area contributed by atoms with Gasteiger partial charge in [0.15, 0.2) is 0 Å². The minimum atomic E-state index is -4.89. The Morgan fingerprint density at radius 1 is 1.05 bits per heavy atom. The summed E-state index contributed by atoms with van der Waals surface area (Å²) in [6, 6.07) is 3.62. The molecule has 9 heteroatoms. The van der Waals surface area contributed by atoms with Crippen molar-refractivity contribution >= 4 is 16.6 Å². The van der Waals surface area contributed by atoms with E-state index in [9.17, 15) is 26.3 Å². The van der Waals surface area contributed by atoms with E-state index in [2.05, 4.69) is 10.3 Å². The second-order valence-corrected chi connectivity index (χ2v) is 4.40. The van der Waals surface area contributed by atoms with E-state index in [1.165, 1.54) is 6.07 Å². The number of alkyl halides is 6. The van der Waals surface area contributed by atoms with Crippen molar-refractivity contribution in [3.8, 4) is 0 Å². The zero-order valence-corrected chi connectivity index (χ0v) is 10.9. The molecular weight excluding hydrogens is 314 g/mol. The quantitative estimate of drug-likeness (QED) is 0.847. The highest BCUT2D eigenvalue weighted by atomic mass is 19.4. The predicted octanol–water partition coefficient (Wildman–Crippen LogP) is 3.68. The summed E-state index contributed by atoms with van der Waals surface area (Å²) in [5.41, 5.74) is -3.64. The van der Waals surface area contributed by atoms with Gasteiger partial charge in [0.25, 0.3) is 0 Å². The average molecular weight is 324 g/mol. The summed E-state index contributed by atoms with van der Waals surface area (Å²) in [4.78, 5) is 3.13. The Bertz CT molecular complexity index is 681. The van der Waals surface area contributed by atoms with Crippen LogP contribution in [0.3, 0.4) is 0 Å². The Balaban J connectivity index is 2.77. The highest BCUT2D eigenvalue weighted by Crippen LogP contribution is 2.38. The van der Waals surface area contributed by atoms with E-state index in [1.807, 2.05) is 0 Å². The third-order valence-corrected chi connectivity index (χ3v) is 2.86. The van der Waals surface area contributed by atoms with Crippen LogP contribution < -0.4 is 5.32 Å². The number of nitrogens with zero attached hydrogens (tertiary/aromatic N) is 1. The largest absolute Gasteiger partial charge is 0.433 e. The summed E-state index contributed by atoms with van der Waals surface area (Å²) < 4.78 is 77.3. The van der Waals surface area contributed by atoms with Crippen molar-refractivity contribution in [1.82, 2.24) is 4.98 Å². The van der Waals surface area contributed by atoms with Crippen LogP contribution in [-0.2, 0) is 12.4 Å². The maximum Gasteiger partial charge on any atom is 0.433 e. The number of nitrogens with one attached hydrogen (secondary N) is 1. The SMILES string of the molecule is OCCNc1cc(C(F)(F)F)nc2c(C(F)(F)F)cccc12. The first-order valence-corrected chi connectivity index (χ1v) is 6.07. The Kier molecular flexibility index (Phi) is 4.19. The fraction of sp³-hybridized carbons (Fsp3) is 0.308. The number of para-hydroxylation sites is 1. The van der Waals surface area contributed by atoms with Crippen molar-refractivity contribution in [2.45, 2.75) is 12.4 Å². The topological polar surface area (TPSA) is 45.1 Å². The lowest BCUT2D eigenvalue weighted by atomic mass is 10.1. The van der Waals surface area contributed by atoms with Crippen molar-refractivity contribution in [3.63, 3.8) is 0 Å². The van der Waals surface area contributed by atoms with Gasteiger partial charge in [-0.3, -0.25) is 0 Å². The Labute approximate surface area is 120 Å². The Morgan fingerprint density at radius 2 is 1.73 bits per heavy atom. The molecule has 2 aromatic rings. The van der Waals surface area contributed by atoms with Crippen LogP contribution in [-0.4, -0.2) is 23.2 Å². The van der Waals surface area contributed by atoms with Gasteiger partial charge in [-0.05, 0) is 12.1 Å². The second kappa shape index (κ2) is 5.64. The van der Waals surface area contributed by atoms with Gasteiger partial charge < -0.3 is 10.4 Å². The van der Waals surface area contributed by atoms with Crippen LogP contribution >= 0.6 is 0 Å². The summed E-state index contributed by atoms with van der Waals surface area (Å²) in [5, 5.41) is 11.1. The molecule has 2 rings (SSSR count). The van der Waals surface area contributed by atoms with Crippen molar-refractivity contribution < 1.29 is 31.4 Å². The normalized spacial score (nSPS) is 12.7. The first-order valence-electron chi connectivity index (χ1n) is 6.07. The third-order valence-electron chi connectivity index (χ3n) is 2.86. The number of pyridine rings is 1. The lowest BCUT2D eigenvalue weighted by Crippen LogP contribution is -2.14. The van der Waals surface area contributed by atoms with Gasteiger partial charge >= 0.3 is 12.4 Å². The molecule has 3 nitrogen and oxygen atoms in total. The second-order valence-electron chi connectivity index (χ2n) is 4.40. The first kappa shape index (κ1) is 16.3. The molecule has 22 heavy (non-hydrogen) atoms. The summed E-state index contributed by atoms with van der Waals surface area (Å²) in [7, 11) is 0. The monoisotopic (exact) mass is 324 g/mol. The van der Waals surface area contributed by atoms with E-state index in [-0.39, 0.29) is 24.2 Å². The van der Waals surface area contributed by atoms with Crippen molar-refractivity contribution in [2.75, 3.05) is 18.5 Å². The summed E-state index contributed by atoms with van der Waals surface area (Å²) in [5.74, 6) is 0. The molecule has 2 N–H and O–H groups in total. The molecule has 0 saturated carbocycles. The number of aliphatic hydroxyl groups excluding tert-OH is 1. The van der Waals surface area contributed by atoms with E-state index in [1.54, 1.807) is 0 Å². The molecule has 0 aliphatic carbocycles. The van der Waals surface area contributed by atoms with Gasteiger partial charge in [0, 0.05) is 17.6 Å². The molecular formula is C13H10F6N2O. The summed E-state index contributed by atoms with van der Waals surface area (Å²) in [6.45, 7) is -0.489. The van der Waals surface area contributed by atoms with Gasteiger partial charge in [0.05, 0.1) is 17.7 Å². The van der Waals surface area contributed by atoms with Crippen LogP contribution in [0.2, 0.25) is 0 Å². The molecule has 120 valence electrons. The third kappa shape index (κ3) is 3.24. The lowest BCUT2D eigenvalue weighted by Gasteiger charge is -2.16. The minimum absolute atomic E-state index is 0.101. The van der Waals surface area contributed by atoms with Crippen LogP contribution in [0, 0.1) is 0 Å². The lowest BCUT2D eigenvalue weighted by molar-refractivity contribution is -0.142. The molecule has 1 heterocycles. The highest BCUT2D eigenvalue weighted by Gasteiger charge is 2.37. The fourth-order valence-electron chi connectivity index (χ4n) is 1.96. The van der Waals surface area contributed by atoms with E-state index in [0.29, 0.717) is 12.1 Å². The summed E-state index contributed by atoms with van der Waals surface area (Å²) >= 11 is 0. The minimum Gasteiger partial charge on any atom is -0.395 e. The van der Waals surface area contributed by atoms with Gasteiger partial charge in [0.1, 0.15) is 5.69 Å². The van der Waals surface area contributed by atoms with Gasteiger partial charge in [-0.1, -0.05) is 12.1 Å². The first-order chi connectivity index (χ1) is 10.1. The molecule has 1 aromatic carbocycles. The highest BCUT2D eigenvalue weighted by molar-refractivity contribution is 5.93. The van der Waals surface area contributed by atoms with Gasteiger partial charge in [-0.25, -0.2) is 4.98 Å². The molecule has 0 aliphatic rings. The van der Waals surface area contributed by atoms with Gasteiger partial charge in [-0.15, -0.1) is 0 Å². The standard InChI is InChI=1S/C13H10F6N2O/c14-12(15,16)8-3-1-2-7-9(20-4-5-22)6-10(13(17,18)19)21-11(7)8/h1-3,6,22H,4-5H2,(H,20,21). The van der Waals surface area contributed by atoms with Crippen molar-refractivity contribution in [2.24, 2.45) is 0 Å². The van der Waals surface area contributed by atoms with Crippen LogP contribution in [0.4, 0.5) is 32.0 Å². The van der Waals surface area contributed by atoms with Crippen LogP contribution in [0.5, 0.6) is 0 Å². The number of benzene rings is 1. The molecule has 0 saturated heterocycles. The molecule has 0 fully saturated rings. The molecule has 1 aromatic heterocycles. The van der Waals surface area contributed by atoms with E-state index in [4.69, 9.17) is 5.11 Å². The van der Waals surface area contributed by atoms with E-state index in [0.717, 1.165) is 6.07 Å². The van der Waals surface area contributed by atoms with Crippen LogP contribution in [0.15, 0.2) is 24.3 Å². The Hall–Kier alpha value is -2.03. The number of hydrogen-bond acceptors (Lipinski definition) is 3. The zero-order chi connectivity index (χ0) is 16.5. The molecule has 0 amide bonds. The maximum absolute atomic E-state index is 12.9. The number of hydrogen-bond donors (Lipinski definition) is 2. The number of aromatic nitrogens is 1. The smallest absolute Gasteiger partial charge is 0.395 e. The molecule has 0 atom stereocenters. The van der Waals surface area contributed by atoms with E-state index >= 15 is 0 Å². The van der Waals surface area contributed by atoms with Crippen molar-refractivity contribution in [1.29, 1.82) is 0 Å². The van der Waals surface area contributed by atoms with Gasteiger partial charge in [-0.2, -0.15) is 26.3 Å². The molecule has 0 radical (unpaired) electrons. The number of halogens is 6.